The number of rotatable bonds is 3. The molecule has 6 rings (SSSR count). The van der Waals surface area contributed by atoms with Crippen molar-refractivity contribution in [2.75, 3.05) is 27.3 Å². The van der Waals surface area contributed by atoms with Crippen LogP contribution in [-0.2, 0) is 9.47 Å². The van der Waals surface area contributed by atoms with E-state index in [9.17, 15) is 25.5 Å². The molecule has 6 fully saturated rings. The molecule has 7 bridgehead atoms. The Morgan fingerprint density at radius 1 is 0.967 bits per heavy atom. The van der Waals surface area contributed by atoms with Crippen LogP contribution in [0.2, 0.25) is 0 Å². The highest BCUT2D eigenvalue weighted by Crippen LogP contribution is 2.78. The van der Waals surface area contributed by atoms with Gasteiger partial charge in [0.15, 0.2) is 0 Å². The van der Waals surface area contributed by atoms with Crippen molar-refractivity contribution in [1.29, 1.82) is 0 Å². The fourth-order valence-corrected chi connectivity index (χ4v) is 9.98. The van der Waals surface area contributed by atoms with Gasteiger partial charge in [0.2, 0.25) is 0 Å². The fraction of sp³-hybridized carbons (Fsp3) is 1.00. The largest absolute Gasteiger partial charge is 0.392 e. The lowest BCUT2D eigenvalue weighted by Gasteiger charge is -2.70. The lowest BCUT2D eigenvalue weighted by Crippen LogP contribution is -2.84. The number of nitrogens with zero attached hydrogens (tertiary/aromatic N) is 1. The molecule has 8 nitrogen and oxygen atoms in total. The van der Waals surface area contributed by atoms with Gasteiger partial charge >= 0.3 is 0 Å². The Kier molecular flexibility index (Phi) is 3.91. The van der Waals surface area contributed by atoms with Crippen molar-refractivity contribution in [3.63, 3.8) is 0 Å². The Labute approximate surface area is 176 Å². The molecule has 6 aliphatic rings. The van der Waals surface area contributed by atoms with Crippen LogP contribution in [-0.4, -0.2) is 105 Å². The van der Waals surface area contributed by atoms with E-state index in [4.69, 9.17) is 9.47 Å². The molecular weight excluding hydrogens is 390 g/mol. The first kappa shape index (κ1) is 20.3. The molecule has 1 heterocycles. The lowest BCUT2D eigenvalue weighted by atomic mass is 9.43. The standard InChI is InChI=1S/C22H35NO7/c1-4-23-9-19(26)13-6-11-17(23)21(13,16(25)7-15(19)24)14-5-10-12(29-2)8-20(11,27)22(14,28)18(10)30-3/h10-18,24-28H,4-9H2,1-3H3/t10?,11-,12+,13-,14?,15?,16?,17?,18?,19-,20?,21?,22+/m1/s1. The van der Waals surface area contributed by atoms with Crippen molar-refractivity contribution < 1.29 is 35.0 Å². The van der Waals surface area contributed by atoms with E-state index in [1.54, 1.807) is 14.2 Å². The zero-order valence-electron chi connectivity index (χ0n) is 17.9. The van der Waals surface area contributed by atoms with Crippen LogP contribution >= 0.6 is 0 Å². The Morgan fingerprint density at radius 2 is 1.70 bits per heavy atom. The highest BCUT2D eigenvalue weighted by atomic mass is 16.5. The van der Waals surface area contributed by atoms with Gasteiger partial charge in [-0.3, -0.25) is 4.90 Å². The molecule has 13 atom stereocenters. The van der Waals surface area contributed by atoms with Crippen molar-refractivity contribution in [3.05, 3.63) is 0 Å². The van der Waals surface area contributed by atoms with Gasteiger partial charge in [0.05, 0.1) is 24.4 Å². The molecule has 5 N–H and O–H groups in total. The number of likely N-dealkylation sites (N-methyl/N-ethyl adjacent to an activating group) is 1. The molecule has 8 heteroatoms. The van der Waals surface area contributed by atoms with Crippen molar-refractivity contribution in [3.8, 4) is 0 Å². The highest BCUT2D eigenvalue weighted by Gasteiger charge is 2.89. The topological polar surface area (TPSA) is 123 Å². The number of β-amino-alcohol motifs (C(OH)–C–C–N with tert-alkyl or cyclic N) is 1. The van der Waals surface area contributed by atoms with Crippen LogP contribution < -0.4 is 0 Å². The van der Waals surface area contributed by atoms with Crippen LogP contribution in [0.25, 0.3) is 0 Å². The van der Waals surface area contributed by atoms with Crippen LogP contribution in [0.3, 0.4) is 0 Å². The first-order valence-corrected chi connectivity index (χ1v) is 11.5. The zero-order valence-corrected chi connectivity index (χ0v) is 17.9. The maximum absolute atomic E-state index is 12.3. The summed E-state index contributed by atoms with van der Waals surface area (Å²) >= 11 is 0. The van der Waals surface area contributed by atoms with Gasteiger partial charge in [0, 0.05) is 68.7 Å². The number of aliphatic hydroxyl groups excluding tert-OH is 2. The van der Waals surface area contributed by atoms with Gasteiger partial charge in [0.25, 0.3) is 0 Å². The molecule has 0 amide bonds. The van der Waals surface area contributed by atoms with Gasteiger partial charge in [-0.1, -0.05) is 6.92 Å². The Balaban J connectivity index is 1.63. The Morgan fingerprint density at radius 3 is 2.33 bits per heavy atom. The molecule has 0 aromatic rings. The molecular formula is C22H35NO7. The first-order chi connectivity index (χ1) is 14.2. The molecule has 170 valence electrons. The molecule has 1 spiro atoms. The van der Waals surface area contributed by atoms with Gasteiger partial charge in [-0.05, 0) is 19.4 Å². The second kappa shape index (κ2) is 5.78. The molecule has 0 radical (unpaired) electrons. The summed E-state index contributed by atoms with van der Waals surface area (Å²) in [6.45, 7) is 2.99. The van der Waals surface area contributed by atoms with Gasteiger partial charge < -0.3 is 35.0 Å². The monoisotopic (exact) mass is 425 g/mol. The third-order valence-corrected chi connectivity index (χ3v) is 10.8. The van der Waals surface area contributed by atoms with Crippen molar-refractivity contribution in [2.45, 2.75) is 79.9 Å². The van der Waals surface area contributed by atoms with E-state index in [0.717, 1.165) is 0 Å². The Hall–Kier alpha value is -0.320. The van der Waals surface area contributed by atoms with Gasteiger partial charge in [-0.15, -0.1) is 0 Å². The molecule has 5 saturated carbocycles. The van der Waals surface area contributed by atoms with Crippen LogP contribution in [0.15, 0.2) is 0 Å². The summed E-state index contributed by atoms with van der Waals surface area (Å²) < 4.78 is 11.6. The molecule has 0 aromatic heterocycles. The number of methoxy groups -OCH3 is 2. The first-order valence-electron chi connectivity index (χ1n) is 11.5. The average molecular weight is 426 g/mol. The van der Waals surface area contributed by atoms with E-state index in [1.807, 2.05) is 6.92 Å². The summed E-state index contributed by atoms with van der Waals surface area (Å²) in [4.78, 5) is 2.15. The van der Waals surface area contributed by atoms with E-state index >= 15 is 0 Å². The average Bonchev–Trinajstić information content (AvgIpc) is 3.14. The predicted octanol–water partition coefficient (Wildman–Crippen LogP) is -1.28. The van der Waals surface area contributed by atoms with Gasteiger partial charge in [0.1, 0.15) is 16.8 Å². The van der Waals surface area contributed by atoms with Gasteiger partial charge in [-0.25, -0.2) is 0 Å². The van der Waals surface area contributed by atoms with E-state index in [0.29, 0.717) is 32.4 Å². The number of likely N-dealkylation sites (tertiary alicyclic amines) is 1. The lowest BCUT2D eigenvalue weighted by molar-refractivity contribution is -0.345. The molecule has 30 heavy (non-hydrogen) atoms. The maximum Gasteiger partial charge on any atom is 0.124 e. The number of hydrogen-bond acceptors (Lipinski definition) is 8. The third-order valence-electron chi connectivity index (χ3n) is 10.8. The van der Waals surface area contributed by atoms with E-state index < -0.39 is 46.4 Å². The minimum atomic E-state index is -1.52. The van der Waals surface area contributed by atoms with Gasteiger partial charge in [-0.2, -0.15) is 0 Å². The zero-order chi connectivity index (χ0) is 21.4. The second-order valence-corrected chi connectivity index (χ2v) is 11.0. The van der Waals surface area contributed by atoms with Crippen molar-refractivity contribution in [2.24, 2.45) is 29.1 Å². The fourth-order valence-electron chi connectivity index (χ4n) is 9.98. The number of ether oxygens (including phenoxy) is 2. The highest BCUT2D eigenvalue weighted by molar-refractivity contribution is 5.39. The maximum atomic E-state index is 12.3. The smallest absolute Gasteiger partial charge is 0.124 e. The number of piperidine rings is 1. The molecule has 8 unspecified atom stereocenters. The third kappa shape index (κ3) is 1.73. The van der Waals surface area contributed by atoms with E-state index in [1.165, 1.54) is 0 Å². The molecule has 0 aromatic carbocycles. The van der Waals surface area contributed by atoms with E-state index in [-0.39, 0.29) is 36.3 Å². The van der Waals surface area contributed by atoms with Crippen LogP contribution in [0.5, 0.6) is 0 Å². The summed E-state index contributed by atoms with van der Waals surface area (Å²) in [5, 5.41) is 58.8. The predicted molar refractivity (Wildman–Crippen MR) is 104 cm³/mol. The summed E-state index contributed by atoms with van der Waals surface area (Å²) in [5.74, 6) is -1.25. The molecule has 1 saturated heterocycles. The summed E-state index contributed by atoms with van der Waals surface area (Å²) in [6, 6.07) is -0.155. The summed E-state index contributed by atoms with van der Waals surface area (Å²) in [6.07, 6.45) is -1.26. The van der Waals surface area contributed by atoms with Crippen LogP contribution in [0.4, 0.5) is 0 Å². The number of fused-ring (bicyclic) bond motifs is 2. The van der Waals surface area contributed by atoms with Crippen LogP contribution in [0, 0.1) is 29.1 Å². The van der Waals surface area contributed by atoms with Crippen LogP contribution in [0.1, 0.15) is 32.6 Å². The second-order valence-electron chi connectivity index (χ2n) is 11.0. The number of aliphatic hydroxyl groups is 5. The SMILES string of the molecule is CCN1C[C@]2(O)C(O)CC(O)C34C1[C@@H](C[C@@H]32)C1(O)C[C@H](OC)C2CC4[C@]1(O)C2OC. The Bertz CT molecular complexity index is 768. The normalized spacial score (nSPS) is 65.8. The summed E-state index contributed by atoms with van der Waals surface area (Å²) in [5.41, 5.74) is -5.10. The van der Waals surface area contributed by atoms with Crippen molar-refractivity contribution in [1.82, 2.24) is 4.90 Å². The van der Waals surface area contributed by atoms with Crippen molar-refractivity contribution >= 4 is 0 Å². The minimum Gasteiger partial charge on any atom is -0.392 e. The molecule has 5 aliphatic carbocycles. The quantitative estimate of drug-likeness (QED) is 0.379. The minimum absolute atomic E-state index is 0.0908. The number of hydrogen-bond donors (Lipinski definition) is 5. The summed E-state index contributed by atoms with van der Waals surface area (Å²) in [7, 11) is 3.21. The molecule has 1 aliphatic heterocycles. The van der Waals surface area contributed by atoms with E-state index in [2.05, 4.69) is 4.90 Å².